The Kier molecular flexibility index (Phi) is 9.32. The van der Waals surface area contributed by atoms with Crippen LogP contribution in [-0.2, 0) is 19.1 Å². The number of ketones is 1. The van der Waals surface area contributed by atoms with E-state index in [-0.39, 0.29) is 24.7 Å². The summed E-state index contributed by atoms with van der Waals surface area (Å²) >= 11 is 0. The zero-order valence-electron chi connectivity index (χ0n) is 19.6. The van der Waals surface area contributed by atoms with E-state index in [1.54, 1.807) is 19.3 Å². The molecule has 0 bridgehead atoms. The Morgan fingerprint density at radius 3 is 2.59 bits per heavy atom. The smallest absolute Gasteiger partial charge is 0.336 e. The Morgan fingerprint density at radius 2 is 1.94 bits per heavy atom. The van der Waals surface area contributed by atoms with Gasteiger partial charge in [0.25, 0.3) is 0 Å². The van der Waals surface area contributed by atoms with Gasteiger partial charge in [0.1, 0.15) is 18.1 Å². The molecule has 32 heavy (non-hydrogen) atoms. The number of methoxy groups -OCH3 is 2. The average Bonchev–Trinajstić information content (AvgIpc) is 2.82. The summed E-state index contributed by atoms with van der Waals surface area (Å²) in [5, 5.41) is 3.28. The maximum Gasteiger partial charge on any atom is 0.336 e. The molecule has 1 aliphatic heterocycles. The number of Topliss-reactive ketones (excluding diaryl/α,β-unsaturated/α-hetero) is 1. The molecule has 6 nitrogen and oxygen atoms in total. The number of esters is 1. The van der Waals surface area contributed by atoms with Crippen LogP contribution in [-0.4, -0.2) is 32.6 Å². The highest BCUT2D eigenvalue weighted by molar-refractivity contribution is 6.01. The van der Waals surface area contributed by atoms with E-state index in [2.05, 4.69) is 11.9 Å². The lowest BCUT2D eigenvalue weighted by atomic mass is 9.78. The van der Waals surface area contributed by atoms with Gasteiger partial charge in [-0.1, -0.05) is 44.7 Å². The van der Waals surface area contributed by atoms with E-state index in [1.807, 2.05) is 45.0 Å². The van der Waals surface area contributed by atoms with Crippen LogP contribution in [0.15, 0.2) is 71.3 Å². The first-order valence-corrected chi connectivity index (χ1v) is 10.9. The molecule has 1 N–H and O–H groups in total. The highest BCUT2D eigenvalue weighted by Crippen LogP contribution is 2.41. The van der Waals surface area contributed by atoms with Crippen molar-refractivity contribution in [2.75, 3.05) is 20.8 Å². The van der Waals surface area contributed by atoms with Gasteiger partial charge in [-0.2, -0.15) is 0 Å². The van der Waals surface area contributed by atoms with Crippen LogP contribution in [0.4, 0.5) is 0 Å². The number of dihydropyridines is 1. The number of ether oxygens (including phenoxy) is 3. The predicted octanol–water partition coefficient (Wildman–Crippen LogP) is 4.95. The molecule has 1 aromatic carbocycles. The molecule has 172 valence electrons. The van der Waals surface area contributed by atoms with Gasteiger partial charge in [-0.05, 0) is 31.1 Å². The summed E-state index contributed by atoms with van der Waals surface area (Å²) in [4.78, 5) is 25.5. The number of benzene rings is 1. The number of rotatable bonds is 7. The summed E-state index contributed by atoms with van der Waals surface area (Å²) in [6, 6.07) is 7.78. The van der Waals surface area contributed by atoms with Crippen molar-refractivity contribution in [2.24, 2.45) is 0 Å². The van der Waals surface area contributed by atoms with Gasteiger partial charge in [-0.15, -0.1) is 0 Å². The molecule has 0 amide bonds. The molecular weight excluding hydrogens is 406 g/mol. The van der Waals surface area contributed by atoms with E-state index in [1.165, 1.54) is 7.11 Å². The van der Waals surface area contributed by atoms with Gasteiger partial charge >= 0.3 is 5.97 Å². The molecule has 0 saturated heterocycles. The quantitative estimate of drug-likeness (QED) is 0.368. The van der Waals surface area contributed by atoms with E-state index >= 15 is 0 Å². The summed E-state index contributed by atoms with van der Waals surface area (Å²) < 4.78 is 16.0. The minimum absolute atomic E-state index is 0.00780. The van der Waals surface area contributed by atoms with Crippen molar-refractivity contribution in [2.45, 2.75) is 46.0 Å². The molecular formula is C26H33NO5. The molecule has 1 heterocycles. The van der Waals surface area contributed by atoms with E-state index in [0.717, 1.165) is 17.0 Å². The molecule has 3 rings (SSSR count). The predicted molar refractivity (Wildman–Crippen MR) is 125 cm³/mol. The monoisotopic (exact) mass is 439 g/mol. The van der Waals surface area contributed by atoms with Crippen LogP contribution in [0.25, 0.3) is 0 Å². The number of carbonyl (C=O) groups excluding carboxylic acids is 2. The first-order valence-electron chi connectivity index (χ1n) is 10.9. The van der Waals surface area contributed by atoms with Crippen molar-refractivity contribution in [3.63, 3.8) is 0 Å². The maximum absolute atomic E-state index is 12.9. The second kappa shape index (κ2) is 11.9. The number of nitrogens with one attached hydrogen (secondary N) is 1. The van der Waals surface area contributed by atoms with Crippen molar-refractivity contribution >= 4 is 11.8 Å². The fraction of sp³-hybridized carbons (Fsp3) is 0.385. The van der Waals surface area contributed by atoms with E-state index < -0.39 is 5.97 Å². The van der Waals surface area contributed by atoms with Crippen LogP contribution in [0.3, 0.4) is 0 Å². The third-order valence-electron chi connectivity index (χ3n) is 5.46. The van der Waals surface area contributed by atoms with Gasteiger partial charge in [0.05, 0.1) is 19.8 Å². The lowest BCUT2D eigenvalue weighted by Crippen LogP contribution is -2.31. The minimum atomic E-state index is -0.460. The van der Waals surface area contributed by atoms with E-state index in [4.69, 9.17) is 14.2 Å². The molecule has 1 aliphatic carbocycles. The first-order chi connectivity index (χ1) is 15.5. The zero-order chi connectivity index (χ0) is 23.7. The van der Waals surface area contributed by atoms with Gasteiger partial charge < -0.3 is 19.5 Å². The average molecular weight is 440 g/mol. The molecule has 0 saturated carbocycles. The number of allylic oxidation sites excluding steroid dienone is 5. The third-order valence-corrected chi connectivity index (χ3v) is 5.46. The maximum atomic E-state index is 12.9. The van der Waals surface area contributed by atoms with Gasteiger partial charge in [0.2, 0.25) is 0 Å². The molecule has 0 aromatic heterocycles. The van der Waals surface area contributed by atoms with Crippen molar-refractivity contribution in [1.29, 1.82) is 0 Å². The number of carbonyl (C=O) groups is 2. The lowest BCUT2D eigenvalue weighted by molar-refractivity contribution is -0.139. The fourth-order valence-corrected chi connectivity index (χ4v) is 3.88. The Hall–Kier alpha value is -3.28. The molecule has 0 unspecified atom stereocenters. The summed E-state index contributed by atoms with van der Waals surface area (Å²) in [7, 11) is 3.14. The fourth-order valence-electron chi connectivity index (χ4n) is 3.88. The van der Waals surface area contributed by atoms with E-state index in [9.17, 15) is 9.59 Å². The van der Waals surface area contributed by atoms with Gasteiger partial charge in [0.15, 0.2) is 5.78 Å². The van der Waals surface area contributed by atoms with Crippen molar-refractivity contribution < 1.29 is 23.8 Å². The SMILES string of the molecule is C=C/C=C(/COC(=O)C1=C(C)NC2=C(C1)C(=O)C[C@H](c1ccccc1OC)C2)OC.CC. The molecule has 0 fully saturated rings. The Labute approximate surface area is 190 Å². The number of hydrogen-bond acceptors (Lipinski definition) is 6. The van der Waals surface area contributed by atoms with E-state index in [0.29, 0.717) is 35.4 Å². The first kappa shape index (κ1) is 25.0. The summed E-state index contributed by atoms with van der Waals surface area (Å²) in [5.74, 6) is 0.899. The number of para-hydroxylation sites is 1. The van der Waals surface area contributed by atoms with Crippen molar-refractivity contribution in [3.05, 3.63) is 76.9 Å². The Morgan fingerprint density at radius 1 is 1.22 bits per heavy atom. The summed E-state index contributed by atoms with van der Waals surface area (Å²) in [6.07, 6.45) is 4.55. The molecule has 0 radical (unpaired) electrons. The zero-order valence-corrected chi connectivity index (χ0v) is 19.6. The largest absolute Gasteiger partial charge is 0.497 e. The van der Waals surface area contributed by atoms with Crippen LogP contribution in [0.5, 0.6) is 5.75 Å². The van der Waals surface area contributed by atoms with Crippen molar-refractivity contribution in [3.8, 4) is 5.75 Å². The van der Waals surface area contributed by atoms with Crippen LogP contribution >= 0.6 is 0 Å². The van der Waals surface area contributed by atoms with Crippen LogP contribution in [0, 0.1) is 0 Å². The second-order valence-corrected chi connectivity index (χ2v) is 7.28. The van der Waals surface area contributed by atoms with Gasteiger partial charge in [-0.25, -0.2) is 4.79 Å². The molecule has 6 heteroatoms. The van der Waals surface area contributed by atoms with Gasteiger partial charge in [-0.3, -0.25) is 4.79 Å². The summed E-state index contributed by atoms with van der Waals surface area (Å²) in [6.45, 7) is 9.44. The van der Waals surface area contributed by atoms with Crippen molar-refractivity contribution in [1.82, 2.24) is 5.32 Å². The highest BCUT2D eigenvalue weighted by Gasteiger charge is 2.34. The second-order valence-electron chi connectivity index (χ2n) is 7.28. The minimum Gasteiger partial charge on any atom is -0.497 e. The lowest BCUT2D eigenvalue weighted by Gasteiger charge is -2.32. The molecule has 1 atom stereocenters. The normalized spacial score (nSPS) is 18.1. The molecule has 0 spiro atoms. The Bertz CT molecular complexity index is 955. The summed E-state index contributed by atoms with van der Waals surface area (Å²) in [5.41, 5.74) is 3.73. The van der Waals surface area contributed by atoms with Crippen LogP contribution in [0.2, 0.25) is 0 Å². The third kappa shape index (κ3) is 5.69. The molecule has 2 aliphatic rings. The van der Waals surface area contributed by atoms with Gasteiger partial charge in [0, 0.05) is 35.7 Å². The highest BCUT2D eigenvalue weighted by atomic mass is 16.6. The van der Waals surface area contributed by atoms with Crippen LogP contribution < -0.4 is 10.1 Å². The standard InChI is InChI=1S/C24H27NO5.C2H6/c1-5-8-17(28-3)14-30-24(27)19-13-20-21(25-15(19)2)11-16(12-22(20)26)18-9-6-7-10-23(18)29-4;1-2/h5-10,16,25H,1,11-14H2,2-4H3;1-2H3/b17-8-;/t16-;/m1./s1. The topological polar surface area (TPSA) is 73.9 Å². The molecule has 1 aromatic rings. The van der Waals surface area contributed by atoms with Crippen LogP contribution in [0.1, 0.15) is 51.5 Å². The Balaban J connectivity index is 0.00000176. The number of hydrogen-bond donors (Lipinski definition) is 1.